The first-order valence-electron chi connectivity index (χ1n) is 9.57. The monoisotopic (exact) mass is 361 g/mol. The predicted octanol–water partition coefficient (Wildman–Crippen LogP) is 3.38. The highest BCUT2D eigenvalue weighted by Gasteiger charge is 2.14. The highest BCUT2D eigenvalue weighted by Crippen LogP contribution is 2.21. The van der Waals surface area contributed by atoms with Gasteiger partial charge in [-0.15, -0.1) is 0 Å². The van der Waals surface area contributed by atoms with Crippen LogP contribution in [0.25, 0.3) is 11.0 Å². The predicted molar refractivity (Wildman–Crippen MR) is 110 cm³/mol. The number of aliphatic imine (C=N–C) groups is 1. The van der Waals surface area contributed by atoms with E-state index in [4.69, 9.17) is 5.41 Å². The number of nitrogens with zero attached hydrogens (tertiary/aromatic N) is 4. The van der Waals surface area contributed by atoms with E-state index in [0.717, 1.165) is 30.0 Å². The van der Waals surface area contributed by atoms with Crippen LogP contribution in [0.5, 0.6) is 0 Å². The van der Waals surface area contributed by atoms with Gasteiger partial charge in [0.05, 0.1) is 11.0 Å². The van der Waals surface area contributed by atoms with Gasteiger partial charge >= 0.3 is 0 Å². The first-order valence-corrected chi connectivity index (χ1v) is 9.57. The van der Waals surface area contributed by atoms with Crippen molar-refractivity contribution in [2.45, 2.75) is 33.4 Å². The fraction of sp³-hybridized carbons (Fsp3) is 0.364. The first kappa shape index (κ1) is 17.7. The molecule has 1 saturated heterocycles. The average molecular weight is 361 g/mol. The van der Waals surface area contributed by atoms with E-state index in [-0.39, 0.29) is 0 Å². The summed E-state index contributed by atoms with van der Waals surface area (Å²) in [5, 5.41) is 8.27. The molecule has 0 aliphatic carbocycles. The van der Waals surface area contributed by atoms with E-state index >= 15 is 0 Å². The van der Waals surface area contributed by atoms with Crippen LogP contribution >= 0.6 is 0 Å². The molecular formula is C22H27N5. The van der Waals surface area contributed by atoms with Crippen molar-refractivity contribution in [3.8, 4) is 0 Å². The Labute approximate surface area is 160 Å². The van der Waals surface area contributed by atoms with Crippen molar-refractivity contribution in [1.29, 1.82) is 5.41 Å². The molecule has 1 aliphatic heterocycles. The average Bonchev–Trinajstić information content (AvgIpc) is 2.93. The number of hydrogen-bond acceptors (Lipinski definition) is 3. The Morgan fingerprint density at radius 1 is 1.04 bits per heavy atom. The summed E-state index contributed by atoms with van der Waals surface area (Å²) in [5.74, 6) is 0.833. The molecule has 27 heavy (non-hydrogen) atoms. The summed E-state index contributed by atoms with van der Waals surface area (Å²) in [6, 6.07) is 15.0. The number of aromatic nitrogens is 2. The number of fused-ring (bicyclic) bond motifs is 1. The Bertz CT molecular complexity index is 1070. The number of aryl methyl sites for hydroxylation is 1. The molecular weight excluding hydrogens is 334 g/mol. The Morgan fingerprint density at radius 3 is 2.44 bits per heavy atom. The largest absolute Gasteiger partial charge is 0.339 e. The van der Waals surface area contributed by atoms with E-state index in [1.165, 1.54) is 36.3 Å². The molecule has 4 rings (SSSR count). The van der Waals surface area contributed by atoms with Gasteiger partial charge in [0, 0.05) is 25.8 Å². The molecule has 0 bridgehead atoms. The van der Waals surface area contributed by atoms with Crippen LogP contribution < -0.4 is 5.49 Å². The minimum Gasteiger partial charge on any atom is -0.339 e. The van der Waals surface area contributed by atoms with E-state index < -0.39 is 0 Å². The molecule has 1 aromatic carbocycles. The van der Waals surface area contributed by atoms with E-state index in [1.807, 2.05) is 23.6 Å². The lowest BCUT2D eigenvalue weighted by molar-refractivity contribution is 0.172. The molecule has 0 amide bonds. The van der Waals surface area contributed by atoms with Crippen molar-refractivity contribution in [3.05, 3.63) is 64.8 Å². The third-order valence-corrected chi connectivity index (χ3v) is 5.54. The van der Waals surface area contributed by atoms with Gasteiger partial charge in [-0.3, -0.25) is 19.9 Å². The first-order chi connectivity index (χ1) is 13.1. The van der Waals surface area contributed by atoms with Gasteiger partial charge in [-0.05, 0) is 62.7 Å². The summed E-state index contributed by atoms with van der Waals surface area (Å²) in [5.41, 5.74) is 6.54. The zero-order chi connectivity index (χ0) is 19.0. The van der Waals surface area contributed by atoms with Crippen LogP contribution in [0.2, 0.25) is 0 Å². The molecule has 1 N–H and O–H groups in total. The lowest BCUT2D eigenvalue weighted by Crippen LogP contribution is -2.36. The van der Waals surface area contributed by atoms with Crippen molar-refractivity contribution in [2.75, 3.05) is 20.1 Å². The highest BCUT2D eigenvalue weighted by atomic mass is 15.2. The summed E-state index contributed by atoms with van der Waals surface area (Å²) in [6.07, 6.45) is 1.33. The Kier molecular flexibility index (Phi) is 4.70. The van der Waals surface area contributed by atoms with Gasteiger partial charge in [0.1, 0.15) is 11.3 Å². The molecule has 0 atom stereocenters. The third kappa shape index (κ3) is 3.35. The number of nitrogens with one attached hydrogen (secondary N) is 1. The standard InChI is InChI=1S/C22H27N5/c1-16-12-21-20(8-9-22(23)27(21)17(2)24-3)26(16)15-19-7-4-6-18(13-19)14-25-10-5-11-25/h4,6-9,12-13,23H,5,10-11,14-15H2,1-3H3. The van der Waals surface area contributed by atoms with Crippen molar-refractivity contribution in [2.24, 2.45) is 4.99 Å². The lowest BCUT2D eigenvalue weighted by atomic mass is 10.1. The number of benzene rings is 1. The van der Waals surface area contributed by atoms with E-state index in [9.17, 15) is 0 Å². The molecule has 0 radical (unpaired) electrons. The molecule has 2 aromatic heterocycles. The molecule has 5 heteroatoms. The number of hydrogen-bond donors (Lipinski definition) is 1. The molecule has 5 nitrogen and oxygen atoms in total. The van der Waals surface area contributed by atoms with Crippen molar-refractivity contribution < 1.29 is 0 Å². The van der Waals surface area contributed by atoms with E-state index in [2.05, 4.69) is 51.7 Å². The zero-order valence-corrected chi connectivity index (χ0v) is 16.4. The summed E-state index contributed by atoms with van der Waals surface area (Å²) >= 11 is 0. The molecule has 3 heterocycles. The topological polar surface area (TPSA) is 49.3 Å². The third-order valence-electron chi connectivity index (χ3n) is 5.54. The normalized spacial score (nSPS) is 15.3. The maximum absolute atomic E-state index is 8.27. The molecule has 0 unspecified atom stereocenters. The Hall–Kier alpha value is -2.66. The fourth-order valence-electron chi connectivity index (χ4n) is 3.86. The van der Waals surface area contributed by atoms with E-state index in [1.54, 1.807) is 7.05 Å². The van der Waals surface area contributed by atoms with Crippen LogP contribution in [0.15, 0.2) is 47.5 Å². The van der Waals surface area contributed by atoms with Crippen LogP contribution in [0, 0.1) is 12.3 Å². The maximum atomic E-state index is 8.27. The number of pyridine rings is 1. The van der Waals surface area contributed by atoms with E-state index in [0.29, 0.717) is 5.49 Å². The van der Waals surface area contributed by atoms with Crippen molar-refractivity contribution >= 4 is 16.9 Å². The quantitative estimate of drug-likeness (QED) is 0.562. The maximum Gasteiger partial charge on any atom is 0.130 e. The van der Waals surface area contributed by atoms with Crippen molar-refractivity contribution in [3.63, 3.8) is 0 Å². The molecule has 0 spiro atoms. The zero-order valence-electron chi connectivity index (χ0n) is 16.4. The fourth-order valence-corrected chi connectivity index (χ4v) is 3.86. The molecule has 3 aromatic rings. The lowest BCUT2D eigenvalue weighted by Gasteiger charge is -2.30. The minimum absolute atomic E-state index is 0.458. The van der Waals surface area contributed by atoms with Gasteiger partial charge in [-0.2, -0.15) is 0 Å². The van der Waals surface area contributed by atoms with Crippen LogP contribution in [-0.4, -0.2) is 40.0 Å². The van der Waals surface area contributed by atoms with Crippen LogP contribution in [-0.2, 0) is 13.1 Å². The summed E-state index contributed by atoms with van der Waals surface area (Å²) in [6.45, 7) is 8.41. The molecule has 1 fully saturated rings. The highest BCUT2D eigenvalue weighted by molar-refractivity contribution is 5.92. The van der Waals surface area contributed by atoms with Gasteiger partial charge in [-0.1, -0.05) is 24.3 Å². The SMILES string of the molecule is CN=C(C)n1c(=N)ccc2c1cc(C)n2Cc1cccc(CN2CCC2)c1. The number of rotatable bonds is 4. The molecule has 0 saturated carbocycles. The summed E-state index contributed by atoms with van der Waals surface area (Å²) in [4.78, 5) is 6.78. The van der Waals surface area contributed by atoms with Gasteiger partial charge in [-0.25, -0.2) is 0 Å². The summed E-state index contributed by atoms with van der Waals surface area (Å²) in [7, 11) is 1.77. The molecule has 1 aliphatic rings. The second-order valence-corrected chi connectivity index (χ2v) is 7.42. The van der Waals surface area contributed by atoms with Crippen LogP contribution in [0.3, 0.4) is 0 Å². The Morgan fingerprint density at radius 2 is 1.78 bits per heavy atom. The second kappa shape index (κ2) is 7.16. The number of likely N-dealkylation sites (tertiary alicyclic amines) is 1. The second-order valence-electron chi connectivity index (χ2n) is 7.42. The van der Waals surface area contributed by atoms with Gasteiger partial charge in [0.25, 0.3) is 0 Å². The summed E-state index contributed by atoms with van der Waals surface area (Å²) < 4.78 is 4.25. The van der Waals surface area contributed by atoms with Crippen LogP contribution in [0.1, 0.15) is 30.2 Å². The van der Waals surface area contributed by atoms with Gasteiger partial charge in [0.2, 0.25) is 0 Å². The minimum atomic E-state index is 0.458. The Balaban J connectivity index is 1.71. The van der Waals surface area contributed by atoms with Gasteiger partial charge < -0.3 is 4.57 Å². The van der Waals surface area contributed by atoms with Crippen molar-refractivity contribution in [1.82, 2.24) is 14.0 Å². The van der Waals surface area contributed by atoms with Crippen LogP contribution in [0.4, 0.5) is 0 Å². The smallest absolute Gasteiger partial charge is 0.130 e. The molecule has 140 valence electrons. The van der Waals surface area contributed by atoms with Gasteiger partial charge in [0.15, 0.2) is 0 Å².